The molecule has 3 rings (SSSR count). The number of hydrazone groups is 1. The van der Waals surface area contributed by atoms with E-state index in [2.05, 4.69) is 15.8 Å². The molecule has 0 spiro atoms. The van der Waals surface area contributed by atoms with Gasteiger partial charge in [0.1, 0.15) is 12.6 Å². The number of rotatable bonds is 11. The first-order valence-corrected chi connectivity index (χ1v) is 12.9. The van der Waals surface area contributed by atoms with E-state index in [0.29, 0.717) is 44.1 Å². The van der Waals surface area contributed by atoms with Gasteiger partial charge in [0.2, 0.25) is 0 Å². The lowest BCUT2D eigenvalue weighted by molar-refractivity contribution is -0.123. The molecule has 1 atom stereocenters. The zero-order chi connectivity index (χ0) is 27.7. The second-order valence-electron chi connectivity index (χ2n) is 8.83. The second-order valence-corrected chi connectivity index (χ2v) is 10.1. The fourth-order valence-electron chi connectivity index (χ4n) is 3.47. The Morgan fingerprint density at radius 3 is 2.32 bits per heavy atom. The van der Waals surface area contributed by atoms with Crippen molar-refractivity contribution in [3.8, 4) is 11.5 Å². The number of halogens is 3. The third-order valence-corrected chi connectivity index (χ3v) is 6.25. The van der Waals surface area contributed by atoms with Crippen molar-refractivity contribution < 1.29 is 19.1 Å². The molecular weight excluding hydrogens is 549 g/mol. The van der Waals surface area contributed by atoms with E-state index >= 15 is 0 Å². The predicted molar refractivity (Wildman–Crippen MR) is 152 cm³/mol. The van der Waals surface area contributed by atoms with Crippen molar-refractivity contribution in [2.75, 3.05) is 7.11 Å². The minimum atomic E-state index is -0.764. The highest BCUT2D eigenvalue weighted by atomic mass is 35.5. The molecule has 10 heteroatoms. The van der Waals surface area contributed by atoms with Gasteiger partial charge in [-0.25, -0.2) is 5.43 Å². The maximum atomic E-state index is 12.8. The fourth-order valence-corrected chi connectivity index (χ4v) is 4.06. The highest BCUT2D eigenvalue weighted by molar-refractivity contribution is 6.35. The van der Waals surface area contributed by atoms with E-state index in [9.17, 15) is 9.59 Å². The second kappa shape index (κ2) is 14.0. The average Bonchev–Trinajstić information content (AvgIpc) is 2.88. The first-order chi connectivity index (χ1) is 18.2. The number of carbonyl (C=O) groups is 2. The number of hydrogen-bond acceptors (Lipinski definition) is 5. The number of benzene rings is 3. The van der Waals surface area contributed by atoms with Crippen molar-refractivity contribution in [2.45, 2.75) is 32.9 Å². The Balaban J connectivity index is 1.62. The molecule has 0 bridgehead atoms. The molecule has 2 N–H and O–H groups in total. The summed E-state index contributed by atoms with van der Waals surface area (Å²) in [6.45, 7) is 4.17. The van der Waals surface area contributed by atoms with Crippen molar-refractivity contribution in [1.82, 2.24) is 10.7 Å². The number of nitrogens with one attached hydrogen (secondary N) is 2. The molecule has 0 fully saturated rings. The Labute approximate surface area is 237 Å². The molecule has 0 heterocycles. The molecule has 0 saturated carbocycles. The maximum Gasteiger partial charge on any atom is 0.262 e. The number of ether oxygens (including phenoxy) is 2. The van der Waals surface area contributed by atoms with Gasteiger partial charge in [-0.1, -0.05) is 54.7 Å². The molecule has 38 heavy (non-hydrogen) atoms. The minimum Gasteiger partial charge on any atom is -0.493 e. The fraction of sp³-hybridized carbons (Fsp3) is 0.250. The van der Waals surface area contributed by atoms with Crippen LogP contribution in [0.15, 0.2) is 65.8 Å². The largest absolute Gasteiger partial charge is 0.493 e. The number of hydrogen-bond donors (Lipinski definition) is 2. The van der Waals surface area contributed by atoms with E-state index in [1.165, 1.54) is 13.3 Å². The number of carbonyl (C=O) groups excluding carboxylic acids is 2. The van der Waals surface area contributed by atoms with Crippen LogP contribution in [-0.2, 0) is 11.4 Å². The Hall–Kier alpha value is -3.26. The van der Waals surface area contributed by atoms with Crippen LogP contribution in [0.3, 0.4) is 0 Å². The van der Waals surface area contributed by atoms with Crippen LogP contribution in [0.25, 0.3) is 0 Å². The lowest BCUT2D eigenvalue weighted by atomic mass is 10.0. The molecule has 0 aliphatic carbocycles. The highest BCUT2D eigenvalue weighted by Gasteiger charge is 2.22. The highest BCUT2D eigenvalue weighted by Crippen LogP contribution is 2.30. The van der Waals surface area contributed by atoms with E-state index in [4.69, 9.17) is 44.3 Å². The van der Waals surface area contributed by atoms with E-state index in [0.717, 1.165) is 5.56 Å². The van der Waals surface area contributed by atoms with Gasteiger partial charge in [0, 0.05) is 26.2 Å². The summed E-state index contributed by atoms with van der Waals surface area (Å²) in [6.07, 6.45) is 1.92. The van der Waals surface area contributed by atoms with Crippen LogP contribution in [0.1, 0.15) is 41.8 Å². The van der Waals surface area contributed by atoms with Crippen molar-refractivity contribution in [3.63, 3.8) is 0 Å². The van der Waals surface area contributed by atoms with Crippen LogP contribution < -0.4 is 20.2 Å². The van der Waals surface area contributed by atoms with Crippen molar-refractivity contribution >= 4 is 52.8 Å². The maximum absolute atomic E-state index is 12.8. The Bertz CT molecular complexity index is 1300. The van der Waals surface area contributed by atoms with E-state index in [1.54, 1.807) is 60.7 Å². The third kappa shape index (κ3) is 8.65. The van der Waals surface area contributed by atoms with Gasteiger partial charge >= 0.3 is 0 Å². The monoisotopic (exact) mass is 575 g/mol. The summed E-state index contributed by atoms with van der Waals surface area (Å²) >= 11 is 18.1. The zero-order valence-electron chi connectivity index (χ0n) is 21.1. The number of methoxy groups -OCH3 is 1. The SMILES string of the molecule is COc1cc(C=NNC(=O)C(CC(C)C)NC(=O)c2ccc(Cl)cc2)ccc1OCc1ccc(Cl)cc1Cl. The van der Waals surface area contributed by atoms with Crippen molar-refractivity contribution in [2.24, 2.45) is 11.0 Å². The van der Waals surface area contributed by atoms with Gasteiger partial charge in [0.05, 0.1) is 13.3 Å². The van der Waals surface area contributed by atoms with Gasteiger partial charge in [0.25, 0.3) is 11.8 Å². The number of amides is 2. The topological polar surface area (TPSA) is 89.0 Å². The van der Waals surface area contributed by atoms with Gasteiger partial charge in [0.15, 0.2) is 11.5 Å². The van der Waals surface area contributed by atoms with E-state index in [1.807, 2.05) is 13.8 Å². The summed E-state index contributed by atoms with van der Waals surface area (Å²) in [5.41, 5.74) is 4.37. The molecule has 0 saturated heterocycles. The Kier molecular flexibility index (Phi) is 10.8. The summed E-state index contributed by atoms with van der Waals surface area (Å²) in [6, 6.07) is 16.1. The minimum absolute atomic E-state index is 0.166. The summed E-state index contributed by atoms with van der Waals surface area (Å²) < 4.78 is 11.3. The third-order valence-electron chi connectivity index (χ3n) is 5.41. The van der Waals surface area contributed by atoms with Gasteiger partial charge in [-0.3, -0.25) is 9.59 Å². The Morgan fingerprint density at radius 1 is 0.947 bits per heavy atom. The average molecular weight is 577 g/mol. The molecule has 0 aliphatic heterocycles. The lowest BCUT2D eigenvalue weighted by Gasteiger charge is -2.19. The van der Waals surface area contributed by atoms with Gasteiger partial charge in [-0.05, 0) is 72.5 Å². The molecular formula is C28H28Cl3N3O4. The summed E-state index contributed by atoms with van der Waals surface area (Å²) in [5.74, 6) is 0.371. The molecule has 1 unspecified atom stereocenters. The molecule has 0 aromatic heterocycles. The van der Waals surface area contributed by atoms with Crippen LogP contribution in [0.2, 0.25) is 15.1 Å². The molecule has 3 aromatic carbocycles. The quantitative estimate of drug-likeness (QED) is 0.201. The van der Waals surface area contributed by atoms with Gasteiger partial charge in [-0.15, -0.1) is 0 Å². The standard InChI is InChI=1S/C28H28Cl3N3O4/c1-17(2)12-24(33-27(35)19-5-8-21(29)9-6-19)28(36)34-32-15-18-4-11-25(26(13-18)37-3)38-16-20-7-10-22(30)14-23(20)31/h4-11,13-15,17,24H,12,16H2,1-3H3,(H,33,35)(H,34,36). The van der Waals surface area contributed by atoms with E-state index < -0.39 is 11.9 Å². The molecule has 0 radical (unpaired) electrons. The van der Waals surface area contributed by atoms with Crippen molar-refractivity contribution in [1.29, 1.82) is 0 Å². The first kappa shape index (κ1) is 29.3. The summed E-state index contributed by atoms with van der Waals surface area (Å²) in [4.78, 5) is 25.4. The molecule has 7 nitrogen and oxygen atoms in total. The van der Waals surface area contributed by atoms with E-state index in [-0.39, 0.29) is 18.4 Å². The van der Waals surface area contributed by atoms with Crippen LogP contribution in [0.4, 0.5) is 0 Å². The molecule has 200 valence electrons. The summed E-state index contributed by atoms with van der Waals surface area (Å²) in [7, 11) is 1.53. The normalized spacial score (nSPS) is 11.9. The van der Waals surface area contributed by atoms with Gasteiger partial charge < -0.3 is 14.8 Å². The molecule has 0 aliphatic rings. The van der Waals surface area contributed by atoms with Gasteiger partial charge in [-0.2, -0.15) is 5.10 Å². The van der Waals surface area contributed by atoms with Crippen LogP contribution in [0.5, 0.6) is 11.5 Å². The molecule has 2 amide bonds. The predicted octanol–water partition coefficient (Wildman–Crippen LogP) is 6.53. The zero-order valence-corrected chi connectivity index (χ0v) is 23.4. The first-order valence-electron chi connectivity index (χ1n) is 11.8. The molecule has 3 aromatic rings. The lowest BCUT2D eigenvalue weighted by Crippen LogP contribution is -2.46. The Morgan fingerprint density at radius 2 is 1.66 bits per heavy atom. The number of nitrogens with zero attached hydrogens (tertiary/aromatic N) is 1. The van der Waals surface area contributed by atoms with Crippen LogP contribution >= 0.6 is 34.8 Å². The smallest absolute Gasteiger partial charge is 0.262 e. The summed E-state index contributed by atoms with van der Waals surface area (Å²) in [5, 5.41) is 8.41. The van der Waals surface area contributed by atoms with Crippen molar-refractivity contribution in [3.05, 3.63) is 92.4 Å². The van der Waals surface area contributed by atoms with Crippen LogP contribution in [0, 0.1) is 5.92 Å². The van der Waals surface area contributed by atoms with Crippen LogP contribution in [-0.4, -0.2) is 31.2 Å².